The second-order valence-electron chi connectivity index (χ2n) is 16.9. The molecule has 2 aromatic rings. The molecule has 0 radical (unpaired) electrons. The Hall–Kier alpha value is -3.11. The number of carbonyl (C=O) groups excluding carboxylic acids is 2. The van der Waals surface area contributed by atoms with Gasteiger partial charge in [-0.05, 0) is 122 Å². The van der Waals surface area contributed by atoms with Gasteiger partial charge in [-0.3, -0.25) is 18.6 Å². The van der Waals surface area contributed by atoms with E-state index in [0.717, 1.165) is 89.9 Å². The maximum Gasteiger partial charge on any atom is 0.530 e. The summed E-state index contributed by atoms with van der Waals surface area (Å²) >= 11 is 0. The molecular formula is C45H69N2O9P. The second kappa shape index (κ2) is 20.7. The van der Waals surface area contributed by atoms with Crippen LogP contribution in [0.25, 0.3) is 0 Å². The molecule has 0 aliphatic heterocycles. The van der Waals surface area contributed by atoms with Crippen molar-refractivity contribution in [1.82, 2.24) is 0 Å². The van der Waals surface area contributed by atoms with Gasteiger partial charge >= 0.3 is 7.82 Å². The average Bonchev–Trinajstić information content (AvgIpc) is 3.54. The quantitative estimate of drug-likeness (QED) is 0.0734. The lowest BCUT2D eigenvalue weighted by Crippen LogP contribution is -2.44. The van der Waals surface area contributed by atoms with E-state index in [1.54, 1.807) is 0 Å². The van der Waals surface area contributed by atoms with Crippen LogP contribution in [-0.2, 0) is 29.6 Å². The van der Waals surface area contributed by atoms with E-state index in [1.807, 2.05) is 6.07 Å². The van der Waals surface area contributed by atoms with Crippen molar-refractivity contribution in [3.05, 3.63) is 47.0 Å². The van der Waals surface area contributed by atoms with Crippen molar-refractivity contribution in [2.45, 2.75) is 143 Å². The van der Waals surface area contributed by atoms with Gasteiger partial charge in [0.2, 0.25) is 5.91 Å². The number of aromatic hydroxyl groups is 1. The van der Waals surface area contributed by atoms with Crippen LogP contribution in [0.2, 0.25) is 0 Å². The Morgan fingerprint density at radius 3 is 2.26 bits per heavy atom. The van der Waals surface area contributed by atoms with Crippen LogP contribution in [0.5, 0.6) is 17.2 Å². The van der Waals surface area contributed by atoms with Crippen LogP contribution in [0.1, 0.15) is 152 Å². The van der Waals surface area contributed by atoms with E-state index in [1.165, 1.54) is 30.4 Å². The van der Waals surface area contributed by atoms with Gasteiger partial charge < -0.3 is 30.2 Å². The minimum absolute atomic E-state index is 0.0190. The number of benzene rings is 2. The number of phosphoric acid groups is 1. The first-order chi connectivity index (χ1) is 27.4. The number of primary amides is 1. The number of phosphoric ester groups is 1. The number of anilines is 1. The highest BCUT2D eigenvalue weighted by atomic mass is 31.2. The summed E-state index contributed by atoms with van der Waals surface area (Å²) in [5.74, 6) is 1.21. The zero-order valence-corrected chi connectivity index (χ0v) is 36.2. The zero-order valence-electron chi connectivity index (χ0n) is 35.3. The summed E-state index contributed by atoms with van der Waals surface area (Å²) in [6.45, 7) is 12.0. The third-order valence-electron chi connectivity index (χ3n) is 13.4. The van der Waals surface area contributed by atoms with Crippen LogP contribution < -0.4 is 20.3 Å². The van der Waals surface area contributed by atoms with Crippen LogP contribution in [-0.4, -0.2) is 50.0 Å². The molecule has 3 aliphatic rings. The van der Waals surface area contributed by atoms with Gasteiger partial charge in [0.05, 0.1) is 45.1 Å². The Balaban J connectivity index is 1.20. The molecule has 0 aromatic heterocycles. The largest absolute Gasteiger partial charge is 0.530 e. The molecule has 4 N–H and O–H groups in total. The van der Waals surface area contributed by atoms with E-state index in [0.29, 0.717) is 48.6 Å². The number of phenols is 1. The second-order valence-corrected chi connectivity index (χ2v) is 18.5. The van der Waals surface area contributed by atoms with E-state index in [2.05, 4.69) is 52.1 Å². The van der Waals surface area contributed by atoms with Crippen molar-refractivity contribution in [3.63, 3.8) is 0 Å². The summed E-state index contributed by atoms with van der Waals surface area (Å²) in [7, 11) is -2.48. The molecule has 0 bridgehead atoms. The molecule has 5 rings (SSSR count). The third kappa shape index (κ3) is 10.9. The molecule has 2 amide bonds. The molecule has 2 aromatic carbocycles. The summed E-state index contributed by atoms with van der Waals surface area (Å²) < 4.78 is 44.4. The average molecular weight is 813 g/mol. The monoisotopic (exact) mass is 812 g/mol. The van der Waals surface area contributed by atoms with Crippen molar-refractivity contribution < 1.29 is 42.3 Å². The minimum atomic E-state index is -3.85. The number of fused-ring (bicyclic) bond motifs is 5. The van der Waals surface area contributed by atoms with Gasteiger partial charge in [-0.25, -0.2) is 4.57 Å². The molecular weight excluding hydrogens is 743 g/mol. The van der Waals surface area contributed by atoms with Crippen LogP contribution in [0.3, 0.4) is 0 Å². The zero-order chi connectivity index (χ0) is 41.2. The van der Waals surface area contributed by atoms with Crippen molar-refractivity contribution in [2.24, 2.45) is 34.8 Å². The topological polar surface area (TPSA) is 156 Å². The molecule has 0 saturated heterocycles. The fourth-order valence-electron chi connectivity index (χ4n) is 9.84. The van der Waals surface area contributed by atoms with Crippen LogP contribution >= 0.6 is 7.82 Å². The summed E-state index contributed by atoms with van der Waals surface area (Å²) in [5.41, 5.74) is 7.99. The highest BCUT2D eigenvalue weighted by Crippen LogP contribution is 2.62. The van der Waals surface area contributed by atoms with Gasteiger partial charge in [-0.2, -0.15) is 0 Å². The molecule has 0 spiro atoms. The first-order valence-corrected chi connectivity index (χ1v) is 23.2. The van der Waals surface area contributed by atoms with Gasteiger partial charge in [0, 0.05) is 0 Å². The van der Waals surface area contributed by atoms with E-state index in [9.17, 15) is 19.3 Å². The van der Waals surface area contributed by atoms with E-state index >= 15 is 0 Å². The molecule has 0 heterocycles. The van der Waals surface area contributed by atoms with Gasteiger partial charge in [0.25, 0.3) is 5.91 Å². The van der Waals surface area contributed by atoms with E-state index in [-0.39, 0.29) is 47.5 Å². The van der Waals surface area contributed by atoms with Gasteiger partial charge in [0.1, 0.15) is 17.1 Å². The van der Waals surface area contributed by atoms with Crippen molar-refractivity contribution >= 4 is 25.3 Å². The number of hydrogen-bond acceptors (Lipinski definition) is 9. The molecule has 2 saturated carbocycles. The van der Waals surface area contributed by atoms with Gasteiger partial charge in [-0.15, -0.1) is 0 Å². The number of nitrogens with one attached hydrogen (secondary N) is 1. The lowest BCUT2D eigenvalue weighted by Gasteiger charge is -2.50. The van der Waals surface area contributed by atoms with Crippen molar-refractivity contribution in [2.75, 3.05) is 32.2 Å². The number of nitrogens with two attached hydrogens (primary N) is 1. The number of amides is 2. The van der Waals surface area contributed by atoms with Crippen LogP contribution in [0.15, 0.2) is 30.3 Å². The number of methoxy groups -OCH3 is 1. The third-order valence-corrected chi connectivity index (χ3v) is 14.7. The minimum Gasteiger partial charge on any atom is -0.505 e. The Kier molecular flexibility index (Phi) is 16.4. The summed E-state index contributed by atoms with van der Waals surface area (Å²) in [6.07, 6.45) is 14.7. The fourth-order valence-corrected chi connectivity index (χ4v) is 11.2. The molecule has 11 nitrogen and oxygen atoms in total. The van der Waals surface area contributed by atoms with Crippen molar-refractivity contribution in [1.29, 1.82) is 0 Å². The Bertz CT molecular complexity index is 1680. The molecule has 2 fully saturated rings. The first-order valence-electron chi connectivity index (χ1n) is 21.7. The molecule has 57 heavy (non-hydrogen) atoms. The highest BCUT2D eigenvalue weighted by molar-refractivity contribution is 7.48. The van der Waals surface area contributed by atoms with Crippen LogP contribution in [0.4, 0.5) is 5.69 Å². The smallest absolute Gasteiger partial charge is 0.505 e. The fraction of sp³-hybridized carbons (Fsp3) is 0.689. The number of hydrogen-bond donors (Lipinski definition) is 3. The number of aryl methyl sites for hydroxylation is 1. The van der Waals surface area contributed by atoms with E-state index < -0.39 is 19.5 Å². The predicted molar refractivity (Wildman–Crippen MR) is 224 cm³/mol. The lowest BCUT2D eigenvalue weighted by molar-refractivity contribution is -0.119. The summed E-state index contributed by atoms with van der Waals surface area (Å²) in [6, 6.07) is 9.19. The maximum absolute atomic E-state index is 14.3. The first kappa shape index (κ1) is 45.0. The molecule has 12 heteroatoms. The predicted octanol–water partition coefficient (Wildman–Crippen LogP) is 10.7. The van der Waals surface area contributed by atoms with Gasteiger partial charge in [0.15, 0.2) is 5.75 Å². The number of rotatable bonds is 23. The Labute approximate surface area is 341 Å². The highest BCUT2D eigenvalue weighted by Gasteiger charge is 2.55. The Morgan fingerprint density at radius 2 is 1.65 bits per heavy atom. The van der Waals surface area contributed by atoms with Gasteiger partial charge in [-0.1, -0.05) is 79.2 Å². The molecule has 318 valence electrons. The lowest BCUT2D eigenvalue weighted by atomic mass is 9.55. The standard InChI is InChI=1S/C45H69N2O9P/c1-7-11-13-30(9-3)28-54-57(51,55-29-31(10-4)14-12-8-2)56-33-16-18-34-32(27-33)15-17-36-35(34)23-25-45(5)37(36)19-22-40(45)53-26-24-41(48)47-38-20-21-39(52-6)42(43(38)49)44(46)50/h16,18,20-21,27,30-31,35-37,40,49H,7-15,17,19,22-26,28-29H2,1-6H3,(H2,46,50)(H,47,48)/t30?,31?,35?,36?,37?,40-,45-,57?/m1/s1. The summed E-state index contributed by atoms with van der Waals surface area (Å²) in [5, 5.41) is 13.3. The van der Waals surface area contributed by atoms with Crippen LogP contribution in [0, 0.1) is 29.1 Å². The summed E-state index contributed by atoms with van der Waals surface area (Å²) in [4.78, 5) is 24.7. The number of unbranched alkanes of at least 4 members (excludes halogenated alkanes) is 2. The van der Waals surface area contributed by atoms with Crippen molar-refractivity contribution in [3.8, 4) is 17.2 Å². The molecule has 7 atom stereocenters. The number of carbonyl (C=O) groups is 2. The number of ether oxygens (including phenoxy) is 2. The molecule has 3 aliphatic carbocycles. The molecule has 5 unspecified atom stereocenters. The van der Waals surface area contributed by atoms with E-state index in [4.69, 9.17) is 28.8 Å². The Morgan fingerprint density at radius 1 is 0.965 bits per heavy atom. The normalized spacial score (nSPS) is 24.7. The maximum atomic E-state index is 14.3. The SMILES string of the molecule is CCCCC(CC)COP(=O)(OCC(CC)CCCC)Oc1ccc2c(c1)CCC1C2CC[C@]2(C)C1CC[C@H]2OCCC(=O)Nc1ccc(OC)c(C(N)=O)c1O.